The Morgan fingerprint density at radius 3 is 2.05 bits per heavy atom. The average molecular weight is 610 g/mol. The molecule has 1 aliphatic heterocycles. The number of benzene rings is 2. The van der Waals surface area contributed by atoms with Crippen LogP contribution in [0, 0.1) is 13.8 Å². The molecule has 2 aromatic rings. The van der Waals surface area contributed by atoms with Crippen molar-refractivity contribution in [3.63, 3.8) is 0 Å². The lowest BCUT2D eigenvalue weighted by Crippen LogP contribution is -2.38. The van der Waals surface area contributed by atoms with Gasteiger partial charge in [0.05, 0.1) is 18.8 Å². The highest BCUT2D eigenvalue weighted by molar-refractivity contribution is 7.62. The number of hydrogen-bond donors (Lipinski definition) is 0. The molecule has 0 amide bonds. The van der Waals surface area contributed by atoms with Gasteiger partial charge in [0.1, 0.15) is 17.9 Å². The van der Waals surface area contributed by atoms with Crippen molar-refractivity contribution in [3.05, 3.63) is 64.2 Å². The number of hydrogen-bond acceptors (Lipinski definition) is 5. The van der Waals surface area contributed by atoms with Crippen LogP contribution in [0.4, 0.5) is 13.2 Å². The first kappa shape index (κ1) is 34.2. The summed E-state index contributed by atoms with van der Waals surface area (Å²) in [4.78, 5) is 4.68. The Morgan fingerprint density at radius 2 is 1.52 bits per heavy atom. The number of aliphatic imine (C=N–C) groups is 1. The SMILES string of the molecule is CC1=NC(CCc2ccc(OCCCc3cc(C)cc(C)c3)c(C(F)(F)F)c2)(COP(=O)(C(C)(C)C)C(C)(C)C)CO1. The molecule has 0 aliphatic carbocycles. The van der Waals surface area contributed by atoms with E-state index in [1.807, 2.05) is 55.4 Å². The van der Waals surface area contributed by atoms with Crippen LogP contribution < -0.4 is 4.74 Å². The normalized spacial score (nSPS) is 18.1. The molecule has 0 radical (unpaired) electrons. The largest absolute Gasteiger partial charge is 0.493 e. The summed E-state index contributed by atoms with van der Waals surface area (Å²) in [5.74, 6) is 0.319. The molecule has 9 heteroatoms. The summed E-state index contributed by atoms with van der Waals surface area (Å²) in [6, 6.07) is 10.5. The van der Waals surface area contributed by atoms with Crippen LogP contribution >= 0.6 is 7.37 Å². The van der Waals surface area contributed by atoms with E-state index >= 15 is 0 Å². The van der Waals surface area contributed by atoms with E-state index in [0.717, 1.165) is 29.2 Å². The van der Waals surface area contributed by atoms with Crippen LogP contribution in [0.15, 0.2) is 41.4 Å². The molecular weight excluding hydrogens is 562 g/mol. The molecule has 0 saturated heterocycles. The van der Waals surface area contributed by atoms with E-state index in [-0.39, 0.29) is 25.6 Å². The monoisotopic (exact) mass is 609 g/mol. The number of alkyl halides is 3. The zero-order chi connectivity index (χ0) is 31.6. The molecule has 0 N–H and O–H groups in total. The highest BCUT2D eigenvalue weighted by Crippen LogP contribution is 2.67. The average Bonchev–Trinajstić information content (AvgIpc) is 3.22. The maximum atomic E-state index is 14.1. The molecule has 0 bridgehead atoms. The Balaban J connectivity index is 1.72. The van der Waals surface area contributed by atoms with E-state index in [1.165, 1.54) is 6.07 Å². The maximum Gasteiger partial charge on any atom is 0.419 e. The molecular formula is C33H47F3NO4P. The fraction of sp³-hybridized carbons (Fsp3) is 0.606. The summed E-state index contributed by atoms with van der Waals surface area (Å²) in [6.07, 6.45) is -2.53. The number of aryl methyl sites for hydroxylation is 4. The summed E-state index contributed by atoms with van der Waals surface area (Å²) in [5, 5.41) is -1.19. The van der Waals surface area contributed by atoms with Gasteiger partial charge in [-0.25, -0.2) is 4.99 Å². The molecule has 5 nitrogen and oxygen atoms in total. The second-order valence-electron chi connectivity index (χ2n) is 13.6. The van der Waals surface area contributed by atoms with Crippen molar-refractivity contribution >= 4 is 13.3 Å². The number of nitrogens with zero attached hydrogens (tertiary/aromatic N) is 1. The highest BCUT2D eigenvalue weighted by Gasteiger charge is 2.50. The van der Waals surface area contributed by atoms with Gasteiger partial charge in [-0.3, -0.25) is 4.57 Å². The van der Waals surface area contributed by atoms with Gasteiger partial charge >= 0.3 is 6.18 Å². The van der Waals surface area contributed by atoms with Crippen molar-refractivity contribution in [2.45, 2.75) is 110 Å². The van der Waals surface area contributed by atoms with Gasteiger partial charge in [-0.2, -0.15) is 13.2 Å². The van der Waals surface area contributed by atoms with E-state index in [2.05, 4.69) is 23.2 Å². The van der Waals surface area contributed by atoms with E-state index in [4.69, 9.17) is 14.0 Å². The summed E-state index contributed by atoms with van der Waals surface area (Å²) in [6.45, 7) is 17.7. The third kappa shape index (κ3) is 8.41. The van der Waals surface area contributed by atoms with Crippen molar-refractivity contribution in [1.29, 1.82) is 0 Å². The second kappa shape index (κ2) is 12.7. The van der Waals surface area contributed by atoms with Gasteiger partial charge in [-0.05, 0) is 62.8 Å². The summed E-state index contributed by atoms with van der Waals surface area (Å²) >= 11 is 0. The van der Waals surface area contributed by atoms with Crippen LogP contribution in [0.1, 0.15) is 89.1 Å². The fourth-order valence-corrected chi connectivity index (χ4v) is 8.85. The lowest BCUT2D eigenvalue weighted by atomic mass is 9.93. The van der Waals surface area contributed by atoms with Crippen LogP contribution in [0.5, 0.6) is 5.75 Å². The Morgan fingerprint density at radius 1 is 0.905 bits per heavy atom. The predicted molar refractivity (Wildman–Crippen MR) is 164 cm³/mol. The maximum absolute atomic E-state index is 14.1. The topological polar surface area (TPSA) is 57.1 Å². The predicted octanol–water partition coefficient (Wildman–Crippen LogP) is 9.35. The second-order valence-corrected chi connectivity index (χ2v) is 17.6. The third-order valence-electron chi connectivity index (χ3n) is 7.60. The first-order chi connectivity index (χ1) is 19.2. The van der Waals surface area contributed by atoms with E-state index in [0.29, 0.717) is 30.7 Å². The van der Waals surface area contributed by atoms with Gasteiger partial charge < -0.3 is 14.0 Å². The molecule has 0 spiro atoms. The molecule has 0 saturated carbocycles. The standard InChI is InChI=1S/C33H47F3NO4P/c1-23-17-24(2)19-27(18-23)11-10-16-39-29-13-12-26(20-28(29)33(34,35)36)14-15-32(21-40-25(3)37-32)22-41-42(38,30(4,5)6)31(7,8)9/h12-13,17-20H,10-11,14-16,21-22H2,1-9H3. The van der Waals surface area contributed by atoms with E-state index < -0.39 is 35.0 Å². The Hall–Kier alpha value is -2.31. The molecule has 1 atom stereocenters. The summed E-state index contributed by atoms with van der Waals surface area (Å²) < 4.78 is 73.8. The molecule has 3 rings (SSSR count). The smallest absolute Gasteiger partial charge is 0.419 e. The van der Waals surface area contributed by atoms with Gasteiger partial charge in [0.15, 0.2) is 5.90 Å². The number of ether oxygens (including phenoxy) is 2. The Bertz CT molecular complexity index is 1290. The van der Waals surface area contributed by atoms with E-state index in [9.17, 15) is 17.7 Å². The Kier molecular flexibility index (Phi) is 10.4. The molecule has 1 heterocycles. The molecule has 0 fully saturated rings. The van der Waals surface area contributed by atoms with Crippen LogP contribution in [0.25, 0.3) is 0 Å². The van der Waals surface area contributed by atoms with Crippen molar-refractivity contribution in [2.75, 3.05) is 19.8 Å². The Labute approximate surface area is 249 Å². The fourth-order valence-electron chi connectivity index (χ4n) is 5.64. The lowest BCUT2D eigenvalue weighted by molar-refractivity contribution is -0.139. The van der Waals surface area contributed by atoms with Gasteiger partial charge in [0.25, 0.3) is 0 Å². The highest BCUT2D eigenvalue weighted by atomic mass is 31.2. The summed E-state index contributed by atoms with van der Waals surface area (Å²) in [5.41, 5.74) is 2.37. The minimum Gasteiger partial charge on any atom is -0.493 e. The van der Waals surface area contributed by atoms with Crippen LogP contribution in [-0.4, -0.2) is 41.6 Å². The zero-order valence-electron chi connectivity index (χ0n) is 26.6. The van der Waals surface area contributed by atoms with Crippen LogP contribution in [0.3, 0.4) is 0 Å². The van der Waals surface area contributed by atoms with Crippen LogP contribution in [0.2, 0.25) is 0 Å². The van der Waals surface area contributed by atoms with Gasteiger partial charge in [-0.15, -0.1) is 0 Å². The van der Waals surface area contributed by atoms with Crippen molar-refractivity contribution < 1.29 is 31.7 Å². The molecule has 0 aromatic heterocycles. The third-order valence-corrected chi connectivity index (χ3v) is 11.6. The zero-order valence-corrected chi connectivity index (χ0v) is 27.5. The molecule has 42 heavy (non-hydrogen) atoms. The minimum atomic E-state index is -4.56. The van der Waals surface area contributed by atoms with Crippen molar-refractivity contribution in [2.24, 2.45) is 4.99 Å². The first-order valence-electron chi connectivity index (χ1n) is 14.6. The lowest BCUT2D eigenvalue weighted by Gasteiger charge is -2.41. The number of rotatable bonds is 11. The van der Waals surface area contributed by atoms with Crippen molar-refractivity contribution in [1.82, 2.24) is 0 Å². The molecule has 2 aromatic carbocycles. The molecule has 1 aliphatic rings. The first-order valence-corrected chi connectivity index (χ1v) is 16.2. The quantitative estimate of drug-likeness (QED) is 0.188. The molecule has 1 unspecified atom stereocenters. The van der Waals surface area contributed by atoms with Gasteiger partial charge in [0.2, 0.25) is 7.37 Å². The van der Waals surface area contributed by atoms with Gasteiger partial charge in [-0.1, -0.05) is 76.9 Å². The van der Waals surface area contributed by atoms with E-state index in [1.54, 1.807) is 13.0 Å². The number of halogens is 3. The van der Waals surface area contributed by atoms with Gasteiger partial charge in [0, 0.05) is 17.2 Å². The minimum absolute atomic E-state index is 0.0595. The van der Waals surface area contributed by atoms with Crippen LogP contribution in [-0.2, 0) is 32.8 Å². The summed E-state index contributed by atoms with van der Waals surface area (Å²) in [7, 11) is -3.16. The van der Waals surface area contributed by atoms with Crippen molar-refractivity contribution in [3.8, 4) is 5.75 Å². The molecule has 234 valence electrons.